The summed E-state index contributed by atoms with van der Waals surface area (Å²) in [7, 11) is 0. The van der Waals surface area contributed by atoms with Gasteiger partial charge in [0.25, 0.3) is 0 Å². The fourth-order valence-electron chi connectivity index (χ4n) is 4.69. The second kappa shape index (κ2) is 8.90. The van der Waals surface area contributed by atoms with Crippen LogP contribution in [0.1, 0.15) is 38.2 Å². The average molecular weight is 405 g/mol. The van der Waals surface area contributed by atoms with E-state index in [0.29, 0.717) is 38.5 Å². The molecule has 2 atom stereocenters. The van der Waals surface area contributed by atoms with Gasteiger partial charge in [-0.25, -0.2) is 0 Å². The quantitative estimate of drug-likeness (QED) is 0.784. The van der Waals surface area contributed by atoms with Crippen molar-refractivity contribution >= 4 is 5.91 Å². The lowest BCUT2D eigenvalue weighted by Crippen LogP contribution is -2.45. The van der Waals surface area contributed by atoms with Gasteiger partial charge in [-0.05, 0) is 43.9 Å². The summed E-state index contributed by atoms with van der Waals surface area (Å²) in [5.74, 6) is 0.952. The van der Waals surface area contributed by atoms with E-state index in [2.05, 4.69) is 4.90 Å². The number of amides is 1. The summed E-state index contributed by atoms with van der Waals surface area (Å²) in [4.78, 5) is 16.3. The third kappa shape index (κ3) is 4.85. The molecule has 0 saturated carbocycles. The van der Waals surface area contributed by atoms with E-state index in [1.54, 1.807) is 6.07 Å². The maximum atomic E-state index is 11.9. The topological polar surface area (TPSA) is 71.5 Å². The van der Waals surface area contributed by atoms with Gasteiger partial charge >= 0.3 is 0 Å². The minimum atomic E-state index is -0.302. The Balaban J connectivity index is 1.39. The Kier molecular flexibility index (Phi) is 6.27. The maximum Gasteiger partial charge on any atom is 0.222 e. The van der Waals surface area contributed by atoms with Crippen molar-refractivity contribution in [2.75, 3.05) is 46.0 Å². The first-order chi connectivity index (χ1) is 14.1. The van der Waals surface area contributed by atoms with Crippen molar-refractivity contribution in [3.05, 3.63) is 23.8 Å². The zero-order valence-electron chi connectivity index (χ0n) is 17.3. The van der Waals surface area contributed by atoms with Crippen LogP contribution in [0.2, 0.25) is 0 Å². The van der Waals surface area contributed by atoms with Crippen molar-refractivity contribution in [3.8, 4) is 11.5 Å². The molecule has 3 aliphatic rings. The molecule has 1 aromatic carbocycles. The molecule has 3 heterocycles. The highest BCUT2D eigenvalue weighted by molar-refractivity contribution is 5.78. The maximum absolute atomic E-state index is 11.9. The molecule has 0 bridgehead atoms. The van der Waals surface area contributed by atoms with Gasteiger partial charge in [-0.1, -0.05) is 6.07 Å². The third-order valence-corrected chi connectivity index (χ3v) is 6.09. The minimum Gasteiger partial charge on any atom is -0.504 e. The van der Waals surface area contributed by atoms with Gasteiger partial charge in [0.15, 0.2) is 11.5 Å². The fraction of sp³-hybridized carbons (Fsp3) is 0.682. The minimum absolute atomic E-state index is 0.0961. The largest absolute Gasteiger partial charge is 0.504 e. The Morgan fingerprint density at radius 1 is 1.34 bits per heavy atom. The second-order valence-corrected chi connectivity index (χ2v) is 8.40. The number of phenolic OH excluding ortho intramolecular Hbond substituents is 1. The Morgan fingerprint density at radius 3 is 3.03 bits per heavy atom. The van der Waals surface area contributed by atoms with Crippen molar-refractivity contribution in [3.63, 3.8) is 0 Å². The summed E-state index contributed by atoms with van der Waals surface area (Å²) >= 11 is 0. The van der Waals surface area contributed by atoms with E-state index in [-0.39, 0.29) is 23.4 Å². The van der Waals surface area contributed by atoms with Crippen molar-refractivity contribution in [1.29, 1.82) is 0 Å². The predicted octanol–water partition coefficient (Wildman–Crippen LogP) is 2.16. The van der Waals surface area contributed by atoms with Crippen LogP contribution < -0.4 is 4.74 Å². The molecular weight excluding hydrogens is 372 g/mol. The van der Waals surface area contributed by atoms with Crippen molar-refractivity contribution in [1.82, 2.24) is 9.80 Å². The highest BCUT2D eigenvalue weighted by atomic mass is 16.6. The molecule has 7 heteroatoms. The first-order valence-corrected chi connectivity index (χ1v) is 10.8. The highest BCUT2D eigenvalue weighted by Crippen LogP contribution is 2.35. The summed E-state index contributed by atoms with van der Waals surface area (Å²) in [6, 6.07) is 5.54. The molecule has 0 aliphatic carbocycles. The standard InChI is InChI=1S/C22H32N2O5/c1-2-28-20-12-17(5-6-19(20)25)13-23-10-11-27-16-22(15-23)8-7-18(29-22)14-24-9-3-4-21(24)26/h5-6,12,18,25H,2-4,7-11,13-16H2,1H3. The van der Waals surface area contributed by atoms with Crippen molar-refractivity contribution < 1.29 is 24.1 Å². The van der Waals surface area contributed by atoms with Gasteiger partial charge in [-0.15, -0.1) is 0 Å². The molecule has 0 radical (unpaired) electrons. The number of hydrogen-bond donors (Lipinski definition) is 1. The van der Waals surface area contributed by atoms with Gasteiger partial charge in [0.05, 0.1) is 25.9 Å². The average Bonchev–Trinajstić information content (AvgIpc) is 3.22. The Hall–Kier alpha value is -1.83. The van der Waals surface area contributed by atoms with E-state index < -0.39 is 0 Å². The van der Waals surface area contributed by atoms with Crippen LogP contribution in [0.3, 0.4) is 0 Å². The molecule has 4 rings (SSSR count). The zero-order valence-corrected chi connectivity index (χ0v) is 17.3. The van der Waals surface area contributed by atoms with E-state index in [4.69, 9.17) is 14.2 Å². The molecule has 1 spiro atoms. The smallest absolute Gasteiger partial charge is 0.222 e. The van der Waals surface area contributed by atoms with E-state index in [9.17, 15) is 9.90 Å². The molecule has 29 heavy (non-hydrogen) atoms. The van der Waals surface area contributed by atoms with Crippen LogP contribution in [-0.2, 0) is 20.8 Å². The summed E-state index contributed by atoms with van der Waals surface area (Å²) in [6.45, 7) is 7.67. The molecule has 1 N–H and O–H groups in total. The van der Waals surface area contributed by atoms with Crippen LogP contribution in [-0.4, -0.2) is 78.5 Å². The Labute approximate surface area is 172 Å². The van der Waals surface area contributed by atoms with E-state index in [0.717, 1.165) is 51.0 Å². The Bertz CT molecular complexity index is 727. The number of phenols is 1. The monoisotopic (exact) mass is 404 g/mol. The molecular formula is C22H32N2O5. The molecule has 1 amide bonds. The molecule has 7 nitrogen and oxygen atoms in total. The number of carbonyl (C=O) groups excluding carboxylic acids is 1. The molecule has 3 fully saturated rings. The molecule has 3 saturated heterocycles. The predicted molar refractivity (Wildman–Crippen MR) is 108 cm³/mol. The lowest BCUT2D eigenvalue weighted by atomic mass is 9.99. The van der Waals surface area contributed by atoms with Gasteiger partial charge < -0.3 is 24.2 Å². The van der Waals surface area contributed by atoms with Gasteiger partial charge in [0.1, 0.15) is 5.60 Å². The highest BCUT2D eigenvalue weighted by Gasteiger charge is 2.44. The number of aromatic hydroxyl groups is 1. The zero-order chi connectivity index (χ0) is 20.3. The fourth-order valence-corrected chi connectivity index (χ4v) is 4.69. The van der Waals surface area contributed by atoms with Crippen LogP contribution in [0.4, 0.5) is 0 Å². The first-order valence-electron chi connectivity index (χ1n) is 10.8. The molecule has 160 valence electrons. The van der Waals surface area contributed by atoms with Crippen molar-refractivity contribution in [2.45, 2.75) is 50.9 Å². The third-order valence-electron chi connectivity index (χ3n) is 6.09. The van der Waals surface area contributed by atoms with Crippen LogP contribution in [0.25, 0.3) is 0 Å². The summed E-state index contributed by atoms with van der Waals surface area (Å²) in [5.41, 5.74) is 0.796. The SMILES string of the molecule is CCOc1cc(CN2CCOCC3(CCC(CN4CCCC4=O)O3)C2)ccc1O. The van der Waals surface area contributed by atoms with E-state index in [1.165, 1.54) is 0 Å². The second-order valence-electron chi connectivity index (χ2n) is 8.40. The van der Waals surface area contributed by atoms with Crippen LogP contribution >= 0.6 is 0 Å². The number of hydrogen-bond acceptors (Lipinski definition) is 6. The van der Waals surface area contributed by atoms with Crippen LogP contribution in [0, 0.1) is 0 Å². The van der Waals surface area contributed by atoms with Crippen LogP contribution in [0.15, 0.2) is 18.2 Å². The lowest BCUT2D eigenvalue weighted by molar-refractivity contribution is -0.132. The first kappa shape index (κ1) is 20.4. The summed E-state index contributed by atoms with van der Waals surface area (Å²) in [6.07, 6.45) is 3.65. The molecule has 2 unspecified atom stereocenters. The number of rotatable bonds is 6. The lowest BCUT2D eigenvalue weighted by Gasteiger charge is -2.32. The number of likely N-dealkylation sites (tertiary alicyclic amines) is 1. The van der Waals surface area contributed by atoms with Gasteiger partial charge in [0, 0.05) is 39.1 Å². The van der Waals surface area contributed by atoms with Gasteiger partial charge in [0.2, 0.25) is 5.91 Å². The van der Waals surface area contributed by atoms with Gasteiger partial charge in [-0.3, -0.25) is 9.69 Å². The van der Waals surface area contributed by atoms with Crippen molar-refractivity contribution in [2.24, 2.45) is 0 Å². The normalized spacial score (nSPS) is 28.2. The van der Waals surface area contributed by atoms with Gasteiger partial charge in [-0.2, -0.15) is 0 Å². The number of nitrogens with zero attached hydrogens (tertiary/aromatic N) is 2. The summed E-state index contributed by atoms with van der Waals surface area (Å²) < 4.78 is 17.9. The molecule has 1 aromatic rings. The van der Waals surface area contributed by atoms with Crippen LogP contribution in [0.5, 0.6) is 11.5 Å². The molecule has 0 aromatic heterocycles. The van der Waals surface area contributed by atoms with E-state index in [1.807, 2.05) is 24.0 Å². The number of benzene rings is 1. The van der Waals surface area contributed by atoms with E-state index >= 15 is 0 Å². The number of ether oxygens (including phenoxy) is 3. The Morgan fingerprint density at radius 2 is 2.24 bits per heavy atom. The molecule has 3 aliphatic heterocycles. The summed E-state index contributed by atoms with van der Waals surface area (Å²) in [5, 5.41) is 9.94. The number of carbonyl (C=O) groups is 1.